The topological polar surface area (TPSA) is 39.2 Å². The molecule has 0 N–H and O–H groups in total. The molecule has 76 valence electrons. The Kier molecular flexibility index (Phi) is 3.53. The van der Waals surface area contributed by atoms with E-state index < -0.39 is 18.4 Å². The van der Waals surface area contributed by atoms with Crippen LogP contribution in [0.2, 0.25) is 14.8 Å². The van der Waals surface area contributed by atoms with Gasteiger partial charge < -0.3 is 0 Å². The van der Waals surface area contributed by atoms with Gasteiger partial charge in [-0.2, -0.15) is 0 Å². The van der Waals surface area contributed by atoms with Crippen LogP contribution in [0.5, 0.6) is 0 Å². The van der Waals surface area contributed by atoms with Crippen LogP contribution in [0.25, 0.3) is 0 Å². The fourth-order valence-corrected chi connectivity index (χ4v) is 4.03. The second-order valence-electron chi connectivity index (χ2n) is 4.17. The standard InChI is InChI=1S/C7H6NO2.3CH3.Sn/c1-10-7(9)6-3-2-4-8-5-6;;;;/h2-3,5H,1H3;3*1H3;. The van der Waals surface area contributed by atoms with E-state index in [0.29, 0.717) is 5.56 Å². The quantitative estimate of drug-likeness (QED) is 0.612. The van der Waals surface area contributed by atoms with Crippen LogP contribution < -0.4 is 3.71 Å². The molecular formula is C10H15NO2Sn. The van der Waals surface area contributed by atoms with Gasteiger partial charge in [0.05, 0.1) is 0 Å². The summed E-state index contributed by atoms with van der Waals surface area (Å²) >= 11 is -2.07. The molecule has 0 unspecified atom stereocenters. The first-order valence-electron chi connectivity index (χ1n) is 4.50. The van der Waals surface area contributed by atoms with Crippen molar-refractivity contribution in [1.29, 1.82) is 0 Å². The minimum absolute atomic E-state index is 0.326. The molecule has 1 aromatic rings. The summed E-state index contributed by atoms with van der Waals surface area (Å²) in [6.45, 7) is 0. The molecule has 0 spiro atoms. The molecule has 4 heteroatoms. The van der Waals surface area contributed by atoms with Crippen molar-refractivity contribution in [2.45, 2.75) is 14.8 Å². The molecule has 0 amide bonds. The molecule has 0 aromatic carbocycles. The van der Waals surface area contributed by atoms with Crippen LogP contribution >= 0.6 is 0 Å². The molecule has 14 heavy (non-hydrogen) atoms. The van der Waals surface area contributed by atoms with Crippen LogP contribution in [0.1, 0.15) is 10.4 Å². The zero-order valence-corrected chi connectivity index (χ0v) is 11.8. The van der Waals surface area contributed by atoms with Crippen LogP contribution in [0, 0.1) is 0 Å². The van der Waals surface area contributed by atoms with Gasteiger partial charge in [0.2, 0.25) is 0 Å². The number of hydrogen-bond acceptors (Lipinski definition) is 3. The first kappa shape index (κ1) is 11.5. The molecule has 0 aliphatic carbocycles. The molecule has 0 aliphatic heterocycles. The van der Waals surface area contributed by atoms with Crippen molar-refractivity contribution in [3.8, 4) is 0 Å². The van der Waals surface area contributed by atoms with E-state index in [1.807, 2.05) is 6.07 Å². The van der Waals surface area contributed by atoms with E-state index in [0.717, 1.165) is 0 Å². The van der Waals surface area contributed by atoms with Gasteiger partial charge in [-0.15, -0.1) is 0 Å². The van der Waals surface area contributed by atoms with Crippen LogP contribution in [0.4, 0.5) is 0 Å². The molecular weight excluding hydrogens is 285 g/mol. The number of rotatable bonds is 2. The van der Waals surface area contributed by atoms with Crippen molar-refractivity contribution < 1.29 is 9.53 Å². The van der Waals surface area contributed by atoms with Crippen molar-refractivity contribution in [1.82, 2.24) is 4.98 Å². The zero-order valence-electron chi connectivity index (χ0n) is 9.00. The molecule has 0 saturated carbocycles. The Hall–Kier alpha value is -0.581. The van der Waals surface area contributed by atoms with Crippen LogP contribution in [-0.4, -0.2) is 36.4 Å². The third-order valence-electron chi connectivity index (χ3n) is 1.95. The van der Waals surface area contributed by atoms with Crippen molar-refractivity contribution >= 4 is 28.1 Å². The van der Waals surface area contributed by atoms with Crippen molar-refractivity contribution in [3.05, 3.63) is 23.9 Å². The monoisotopic (exact) mass is 301 g/mol. The number of esters is 1. The van der Waals surface area contributed by atoms with Crippen molar-refractivity contribution in [2.75, 3.05) is 7.11 Å². The maximum atomic E-state index is 11.1. The number of nitrogens with zero attached hydrogens (tertiary/aromatic N) is 1. The SMILES string of the molecule is COC(=O)c1cc[c]([Sn]([CH3])([CH3])[CH3])nc1. The van der Waals surface area contributed by atoms with E-state index in [-0.39, 0.29) is 5.97 Å². The summed E-state index contributed by atoms with van der Waals surface area (Å²) in [5.41, 5.74) is 0.520. The summed E-state index contributed by atoms with van der Waals surface area (Å²) in [5.74, 6) is -0.326. The third kappa shape index (κ3) is 2.70. The number of pyridine rings is 1. The van der Waals surface area contributed by atoms with E-state index in [1.54, 1.807) is 12.3 Å². The zero-order chi connectivity index (χ0) is 10.8. The molecule has 1 aromatic heterocycles. The van der Waals surface area contributed by atoms with Gasteiger partial charge in [0, 0.05) is 0 Å². The van der Waals surface area contributed by atoms with E-state index in [9.17, 15) is 4.79 Å². The van der Waals surface area contributed by atoms with Crippen molar-refractivity contribution in [3.63, 3.8) is 0 Å². The number of methoxy groups -OCH3 is 1. The van der Waals surface area contributed by atoms with Crippen LogP contribution in [-0.2, 0) is 4.74 Å². The number of aromatic nitrogens is 1. The second-order valence-corrected chi connectivity index (χ2v) is 18.5. The summed E-state index contributed by atoms with van der Waals surface area (Å²) in [4.78, 5) is 22.3. The fraction of sp³-hybridized carbons (Fsp3) is 0.400. The molecule has 0 bridgehead atoms. The Morgan fingerprint density at radius 3 is 2.36 bits per heavy atom. The summed E-state index contributed by atoms with van der Waals surface area (Å²) in [6, 6.07) is 3.73. The average Bonchev–Trinajstić information content (AvgIpc) is 2.15. The third-order valence-corrected chi connectivity index (χ3v) is 7.18. The van der Waals surface area contributed by atoms with E-state index in [2.05, 4.69) is 24.5 Å². The molecule has 0 fully saturated rings. The van der Waals surface area contributed by atoms with Gasteiger partial charge in [-0.3, -0.25) is 0 Å². The van der Waals surface area contributed by atoms with Gasteiger partial charge in [0.25, 0.3) is 0 Å². The van der Waals surface area contributed by atoms with Gasteiger partial charge in [0.1, 0.15) is 0 Å². The van der Waals surface area contributed by atoms with Gasteiger partial charge in [0.15, 0.2) is 0 Å². The molecule has 0 saturated heterocycles. The van der Waals surface area contributed by atoms with E-state index in [1.165, 1.54) is 10.8 Å². The van der Waals surface area contributed by atoms with Crippen LogP contribution in [0.15, 0.2) is 18.3 Å². The normalized spacial score (nSPS) is 11.1. The first-order chi connectivity index (χ1) is 6.45. The molecule has 0 radical (unpaired) electrons. The summed E-state index contributed by atoms with van der Waals surface area (Å²) in [5, 5.41) is 0. The van der Waals surface area contributed by atoms with Gasteiger partial charge >= 0.3 is 88.4 Å². The van der Waals surface area contributed by atoms with Crippen LogP contribution in [0.3, 0.4) is 0 Å². The average molecular weight is 300 g/mol. The van der Waals surface area contributed by atoms with Gasteiger partial charge in [-0.1, -0.05) is 0 Å². The maximum absolute atomic E-state index is 11.1. The molecule has 1 heterocycles. The van der Waals surface area contributed by atoms with E-state index >= 15 is 0 Å². The number of hydrogen-bond donors (Lipinski definition) is 0. The summed E-state index contributed by atoms with van der Waals surface area (Å²) < 4.78 is 5.77. The van der Waals surface area contributed by atoms with Gasteiger partial charge in [-0.05, 0) is 0 Å². The fourth-order valence-electron chi connectivity index (χ4n) is 1.08. The van der Waals surface area contributed by atoms with E-state index in [4.69, 9.17) is 0 Å². The Morgan fingerprint density at radius 2 is 2.00 bits per heavy atom. The molecule has 0 aliphatic rings. The molecule has 3 nitrogen and oxygen atoms in total. The summed E-state index contributed by atoms with van der Waals surface area (Å²) in [7, 11) is 1.37. The number of carbonyl (C=O) groups excluding carboxylic acids is 1. The van der Waals surface area contributed by atoms with Crippen molar-refractivity contribution in [2.24, 2.45) is 0 Å². The Bertz CT molecular complexity index is 327. The Balaban J connectivity index is 2.95. The van der Waals surface area contributed by atoms with Gasteiger partial charge in [-0.25, -0.2) is 0 Å². The Labute approximate surface area is 88.4 Å². The predicted molar refractivity (Wildman–Crippen MR) is 58.6 cm³/mol. The Morgan fingerprint density at radius 1 is 1.36 bits per heavy atom. The number of ether oxygens (including phenoxy) is 1. The predicted octanol–water partition coefficient (Wildman–Crippen LogP) is 1.41. The number of carbonyl (C=O) groups is 1. The minimum atomic E-state index is -2.07. The molecule has 0 atom stereocenters. The summed E-state index contributed by atoms with van der Waals surface area (Å²) in [6.07, 6.45) is 1.60. The molecule has 1 rings (SSSR count). The first-order valence-corrected chi connectivity index (χ1v) is 14.5. The second kappa shape index (κ2) is 4.29.